The maximum Gasteiger partial charge on any atom is 0.166 e. The van der Waals surface area contributed by atoms with E-state index in [0.717, 1.165) is 0 Å². The molecule has 4 nitrogen and oxygen atoms in total. The minimum Gasteiger partial charge on any atom is -0.379 e. The first-order valence-corrected chi connectivity index (χ1v) is 5.30. The average molecular weight is 202 g/mol. The first-order valence-electron chi connectivity index (χ1n) is 5.30. The number of nitrogens with two attached hydrogens (primary N) is 1. The van der Waals surface area contributed by atoms with Crippen LogP contribution in [0.5, 0.6) is 0 Å². The Labute approximate surface area is 85.9 Å². The molecule has 0 radical (unpaired) electrons. The van der Waals surface area contributed by atoms with Crippen molar-refractivity contribution in [3.8, 4) is 0 Å². The van der Waals surface area contributed by atoms with E-state index in [1.165, 1.54) is 0 Å². The van der Waals surface area contributed by atoms with Gasteiger partial charge in [-0.1, -0.05) is 20.8 Å². The Morgan fingerprint density at radius 1 is 1.29 bits per heavy atom. The summed E-state index contributed by atoms with van der Waals surface area (Å²) in [5.41, 5.74) is 5.64. The van der Waals surface area contributed by atoms with Crippen LogP contribution in [0.2, 0.25) is 0 Å². The summed E-state index contributed by atoms with van der Waals surface area (Å²) in [5.74, 6) is -0.0116. The fraction of sp³-hybridized carbons (Fsp3) is 0.900. The minimum atomic E-state index is -0.618. The molecule has 4 heteroatoms. The van der Waals surface area contributed by atoms with Crippen molar-refractivity contribution in [1.29, 1.82) is 0 Å². The van der Waals surface area contributed by atoms with Gasteiger partial charge in [-0.15, -0.1) is 0 Å². The lowest BCUT2D eigenvalue weighted by Gasteiger charge is -2.21. The van der Waals surface area contributed by atoms with Gasteiger partial charge in [0.15, 0.2) is 5.78 Å². The van der Waals surface area contributed by atoms with Crippen LogP contribution in [-0.4, -0.2) is 29.2 Å². The van der Waals surface area contributed by atoms with E-state index in [1.54, 1.807) is 0 Å². The van der Waals surface area contributed by atoms with E-state index in [1.807, 2.05) is 20.8 Å². The number of hydrogen-bond donors (Lipinski definition) is 3. The van der Waals surface area contributed by atoms with Gasteiger partial charge >= 0.3 is 0 Å². The predicted octanol–water partition coefficient (Wildman–Crippen LogP) is 0.389. The second-order valence-electron chi connectivity index (χ2n) is 3.47. The van der Waals surface area contributed by atoms with Gasteiger partial charge in [0, 0.05) is 0 Å². The Morgan fingerprint density at radius 2 is 1.86 bits per heavy atom. The Balaban J connectivity index is 4.18. The molecule has 14 heavy (non-hydrogen) atoms. The standard InChI is InChI=1S/C10H22N2O2/c1-4-7(11)10(14)8(5-2)12-9(13)6-3/h7-9,12-13H,4-6,11H2,1-3H3. The molecule has 3 unspecified atom stereocenters. The Hall–Kier alpha value is -0.450. The number of nitrogens with one attached hydrogen (secondary N) is 1. The SMILES string of the molecule is CCC(O)NC(CC)C(=O)C(N)CC. The van der Waals surface area contributed by atoms with Crippen LogP contribution in [-0.2, 0) is 4.79 Å². The fourth-order valence-corrected chi connectivity index (χ4v) is 1.21. The van der Waals surface area contributed by atoms with Crippen molar-refractivity contribution < 1.29 is 9.90 Å². The molecule has 0 rings (SSSR count). The van der Waals surface area contributed by atoms with Crippen LogP contribution in [0.25, 0.3) is 0 Å². The number of aliphatic hydroxyl groups excluding tert-OH is 1. The van der Waals surface area contributed by atoms with Crippen LogP contribution < -0.4 is 11.1 Å². The van der Waals surface area contributed by atoms with Crippen molar-refractivity contribution in [2.24, 2.45) is 5.73 Å². The van der Waals surface area contributed by atoms with E-state index in [4.69, 9.17) is 5.73 Å². The van der Waals surface area contributed by atoms with E-state index < -0.39 is 12.3 Å². The van der Waals surface area contributed by atoms with Crippen LogP contribution in [0.3, 0.4) is 0 Å². The zero-order chi connectivity index (χ0) is 11.1. The molecule has 0 amide bonds. The van der Waals surface area contributed by atoms with E-state index in [9.17, 15) is 9.90 Å². The maximum atomic E-state index is 11.7. The Bertz CT molecular complexity index is 174. The van der Waals surface area contributed by atoms with Crippen LogP contribution >= 0.6 is 0 Å². The van der Waals surface area contributed by atoms with Crippen molar-refractivity contribution in [3.63, 3.8) is 0 Å². The first kappa shape index (κ1) is 13.5. The number of ketones is 1. The second-order valence-corrected chi connectivity index (χ2v) is 3.47. The molecule has 0 heterocycles. The molecular weight excluding hydrogens is 180 g/mol. The summed E-state index contributed by atoms with van der Waals surface area (Å²) in [6.45, 7) is 5.64. The highest BCUT2D eigenvalue weighted by Gasteiger charge is 2.22. The van der Waals surface area contributed by atoms with Gasteiger partial charge in [-0.2, -0.15) is 0 Å². The molecule has 0 spiro atoms. The van der Waals surface area contributed by atoms with Gasteiger partial charge in [0.1, 0.15) is 6.23 Å². The average Bonchev–Trinajstić information content (AvgIpc) is 2.23. The number of aliphatic hydroxyl groups is 1. The molecule has 0 saturated carbocycles. The lowest BCUT2D eigenvalue weighted by Crippen LogP contribution is -2.48. The smallest absolute Gasteiger partial charge is 0.166 e. The summed E-state index contributed by atoms with van der Waals surface area (Å²) in [6, 6.07) is -0.739. The molecule has 0 aliphatic rings. The van der Waals surface area contributed by atoms with Gasteiger partial charge in [-0.05, 0) is 19.3 Å². The molecule has 0 bridgehead atoms. The lowest BCUT2D eigenvalue weighted by atomic mass is 10.0. The zero-order valence-electron chi connectivity index (χ0n) is 9.29. The second kappa shape index (κ2) is 6.92. The van der Waals surface area contributed by atoms with Crippen molar-refractivity contribution in [1.82, 2.24) is 5.32 Å². The number of hydrogen-bond acceptors (Lipinski definition) is 4. The van der Waals surface area contributed by atoms with E-state index in [-0.39, 0.29) is 11.8 Å². The fourth-order valence-electron chi connectivity index (χ4n) is 1.21. The summed E-state index contributed by atoms with van der Waals surface area (Å²) >= 11 is 0. The largest absolute Gasteiger partial charge is 0.379 e. The van der Waals surface area contributed by atoms with Gasteiger partial charge in [0.2, 0.25) is 0 Å². The monoisotopic (exact) mass is 202 g/mol. The Kier molecular flexibility index (Phi) is 6.70. The molecule has 0 aromatic rings. The van der Waals surface area contributed by atoms with Crippen molar-refractivity contribution >= 4 is 5.78 Å². The van der Waals surface area contributed by atoms with E-state index >= 15 is 0 Å². The summed E-state index contributed by atoms with van der Waals surface area (Å²) < 4.78 is 0. The van der Waals surface area contributed by atoms with Gasteiger partial charge in [0.25, 0.3) is 0 Å². The Morgan fingerprint density at radius 3 is 2.21 bits per heavy atom. The third-order valence-corrected chi connectivity index (χ3v) is 2.34. The maximum absolute atomic E-state index is 11.7. The molecule has 0 aromatic heterocycles. The molecule has 0 fully saturated rings. The summed E-state index contributed by atoms with van der Waals surface area (Å²) in [4.78, 5) is 11.7. The van der Waals surface area contributed by atoms with E-state index in [0.29, 0.717) is 19.3 Å². The molecule has 4 N–H and O–H groups in total. The van der Waals surface area contributed by atoms with Gasteiger partial charge < -0.3 is 10.8 Å². The zero-order valence-corrected chi connectivity index (χ0v) is 9.29. The number of Topliss-reactive ketones (excluding diaryl/α,β-unsaturated/α-hetero) is 1. The predicted molar refractivity (Wildman–Crippen MR) is 56.8 cm³/mol. The third-order valence-electron chi connectivity index (χ3n) is 2.34. The molecule has 3 atom stereocenters. The minimum absolute atomic E-state index is 0.0116. The number of carbonyl (C=O) groups is 1. The molecule has 0 aliphatic heterocycles. The quantitative estimate of drug-likeness (QED) is 0.522. The summed E-state index contributed by atoms with van der Waals surface area (Å²) in [7, 11) is 0. The normalized spacial score (nSPS) is 17.5. The molecule has 0 aliphatic carbocycles. The highest BCUT2D eigenvalue weighted by Crippen LogP contribution is 2.01. The molecule has 0 aromatic carbocycles. The number of rotatable bonds is 7. The third kappa shape index (κ3) is 4.17. The number of carbonyl (C=O) groups excluding carboxylic acids is 1. The molecule has 0 saturated heterocycles. The molecule has 84 valence electrons. The van der Waals surface area contributed by atoms with Crippen LogP contribution in [0, 0.1) is 0 Å². The van der Waals surface area contributed by atoms with Gasteiger partial charge in [0.05, 0.1) is 12.1 Å². The first-order chi connectivity index (χ1) is 6.56. The van der Waals surface area contributed by atoms with Gasteiger partial charge in [-0.25, -0.2) is 0 Å². The van der Waals surface area contributed by atoms with E-state index in [2.05, 4.69) is 5.32 Å². The van der Waals surface area contributed by atoms with Gasteiger partial charge in [-0.3, -0.25) is 10.1 Å². The van der Waals surface area contributed by atoms with Crippen molar-refractivity contribution in [2.45, 2.75) is 58.3 Å². The highest BCUT2D eigenvalue weighted by molar-refractivity contribution is 5.88. The van der Waals surface area contributed by atoms with Crippen LogP contribution in [0.15, 0.2) is 0 Å². The topological polar surface area (TPSA) is 75.3 Å². The molecular formula is C10H22N2O2. The van der Waals surface area contributed by atoms with Crippen molar-refractivity contribution in [3.05, 3.63) is 0 Å². The van der Waals surface area contributed by atoms with Crippen LogP contribution in [0.1, 0.15) is 40.0 Å². The van der Waals surface area contributed by atoms with Crippen LogP contribution in [0.4, 0.5) is 0 Å². The summed E-state index contributed by atoms with van der Waals surface area (Å²) in [6.07, 6.45) is 1.27. The van der Waals surface area contributed by atoms with Crippen molar-refractivity contribution in [2.75, 3.05) is 0 Å². The highest BCUT2D eigenvalue weighted by atomic mass is 16.3. The lowest BCUT2D eigenvalue weighted by molar-refractivity contribution is -0.123. The summed E-state index contributed by atoms with van der Waals surface area (Å²) in [5, 5.41) is 12.2.